The van der Waals surface area contributed by atoms with Gasteiger partial charge in [0.05, 0.1) is 7.11 Å². The third kappa shape index (κ3) is 3.23. The van der Waals surface area contributed by atoms with Gasteiger partial charge in [0.25, 0.3) is 0 Å². The highest BCUT2D eigenvalue weighted by Crippen LogP contribution is 2.19. The van der Waals surface area contributed by atoms with Crippen molar-refractivity contribution in [3.8, 4) is 5.88 Å². The van der Waals surface area contributed by atoms with Gasteiger partial charge in [-0.3, -0.25) is 0 Å². The van der Waals surface area contributed by atoms with E-state index < -0.39 is 12.0 Å². The maximum absolute atomic E-state index is 11.4. The van der Waals surface area contributed by atoms with E-state index in [1.165, 1.54) is 7.11 Å². The van der Waals surface area contributed by atoms with Gasteiger partial charge in [-0.2, -0.15) is 4.98 Å². The summed E-state index contributed by atoms with van der Waals surface area (Å²) in [6, 6.07) is 9.62. The van der Waals surface area contributed by atoms with Gasteiger partial charge >= 0.3 is 5.97 Å². The highest BCUT2D eigenvalue weighted by Gasteiger charge is 2.20. The number of aliphatic carboxylic acids is 1. The number of carboxylic acids is 1. The van der Waals surface area contributed by atoms with Gasteiger partial charge in [0, 0.05) is 11.8 Å². The van der Waals surface area contributed by atoms with Crippen LogP contribution in [0.15, 0.2) is 36.4 Å². The number of aryl methyl sites for hydroxylation is 1. The molecule has 1 atom stereocenters. The predicted octanol–water partition coefficient (Wildman–Crippen LogP) is 2.03. The summed E-state index contributed by atoms with van der Waals surface area (Å²) in [7, 11) is 1.50. The minimum atomic E-state index is -1.000. The number of anilines is 1. The largest absolute Gasteiger partial charge is 0.481 e. The number of nitrogens with zero attached hydrogens (tertiary/aromatic N) is 2. The van der Waals surface area contributed by atoms with Gasteiger partial charge < -0.3 is 15.2 Å². The number of rotatable bonds is 5. The fourth-order valence-corrected chi connectivity index (χ4v) is 1.77. The summed E-state index contributed by atoms with van der Waals surface area (Å²) in [5.41, 5.74) is 1.32. The van der Waals surface area contributed by atoms with Gasteiger partial charge in [-0.15, -0.1) is 0 Å². The minimum Gasteiger partial charge on any atom is -0.481 e. The normalized spacial score (nSPS) is 11.7. The van der Waals surface area contributed by atoms with Crippen LogP contribution in [0.1, 0.15) is 17.3 Å². The number of methoxy groups -OCH3 is 1. The zero-order valence-corrected chi connectivity index (χ0v) is 11.2. The van der Waals surface area contributed by atoms with Crippen molar-refractivity contribution in [2.45, 2.75) is 13.0 Å². The van der Waals surface area contributed by atoms with E-state index in [-0.39, 0.29) is 5.95 Å². The molecule has 1 unspecified atom stereocenters. The van der Waals surface area contributed by atoms with Gasteiger partial charge in [-0.1, -0.05) is 30.3 Å². The number of ether oxygens (including phenoxy) is 1. The van der Waals surface area contributed by atoms with E-state index in [0.29, 0.717) is 17.1 Å². The Morgan fingerprint density at radius 1 is 1.30 bits per heavy atom. The lowest BCUT2D eigenvalue weighted by Crippen LogP contribution is -2.21. The second-order valence-electron chi connectivity index (χ2n) is 4.20. The second-order valence-corrected chi connectivity index (χ2v) is 4.20. The molecule has 0 saturated heterocycles. The number of carboxylic acid groups (broad SMARTS) is 1. The molecule has 1 heterocycles. The minimum absolute atomic E-state index is 0.220. The molecule has 0 radical (unpaired) electrons. The van der Waals surface area contributed by atoms with Gasteiger partial charge in [-0.25, -0.2) is 9.78 Å². The first-order chi connectivity index (χ1) is 9.60. The molecule has 0 spiro atoms. The van der Waals surface area contributed by atoms with Crippen molar-refractivity contribution in [1.29, 1.82) is 0 Å². The SMILES string of the molecule is COc1cc(C)nc(NC(C(=O)O)c2ccccc2)n1. The maximum atomic E-state index is 11.4. The molecule has 1 aromatic carbocycles. The van der Waals surface area contributed by atoms with Gasteiger partial charge in [0.15, 0.2) is 6.04 Å². The Bertz CT molecular complexity index is 602. The van der Waals surface area contributed by atoms with Crippen molar-refractivity contribution in [2.75, 3.05) is 12.4 Å². The first-order valence-electron chi connectivity index (χ1n) is 6.04. The summed E-state index contributed by atoms with van der Waals surface area (Å²) in [4.78, 5) is 19.7. The van der Waals surface area contributed by atoms with Crippen LogP contribution in [0.5, 0.6) is 5.88 Å². The molecule has 0 saturated carbocycles. The van der Waals surface area contributed by atoms with E-state index in [2.05, 4.69) is 15.3 Å². The van der Waals surface area contributed by atoms with E-state index in [1.54, 1.807) is 37.3 Å². The van der Waals surface area contributed by atoms with Crippen LogP contribution in [-0.4, -0.2) is 28.2 Å². The lowest BCUT2D eigenvalue weighted by Gasteiger charge is -2.15. The Balaban J connectivity index is 2.29. The molecule has 0 bridgehead atoms. The molecule has 0 aliphatic carbocycles. The fourth-order valence-electron chi connectivity index (χ4n) is 1.77. The average Bonchev–Trinajstić information content (AvgIpc) is 2.44. The van der Waals surface area contributed by atoms with Crippen LogP contribution in [0.3, 0.4) is 0 Å². The standard InChI is InChI=1S/C14H15N3O3/c1-9-8-11(20-2)16-14(15-9)17-12(13(18)19)10-6-4-3-5-7-10/h3-8,12H,1-2H3,(H,18,19)(H,15,16,17). The molecule has 2 rings (SSSR count). The number of benzene rings is 1. The second kappa shape index (κ2) is 6.01. The summed E-state index contributed by atoms with van der Waals surface area (Å²) in [6.07, 6.45) is 0. The molecule has 6 heteroatoms. The topological polar surface area (TPSA) is 84.3 Å². The number of nitrogens with one attached hydrogen (secondary N) is 1. The molecule has 20 heavy (non-hydrogen) atoms. The Morgan fingerprint density at radius 3 is 2.60 bits per heavy atom. The molecule has 2 aromatic rings. The number of hydrogen-bond donors (Lipinski definition) is 2. The van der Waals surface area contributed by atoms with Crippen LogP contribution in [0, 0.1) is 6.92 Å². The summed E-state index contributed by atoms with van der Waals surface area (Å²) >= 11 is 0. The van der Waals surface area contributed by atoms with Crippen molar-refractivity contribution >= 4 is 11.9 Å². The smallest absolute Gasteiger partial charge is 0.330 e. The van der Waals surface area contributed by atoms with E-state index in [1.807, 2.05) is 6.07 Å². The highest BCUT2D eigenvalue weighted by atomic mass is 16.5. The molecule has 0 fully saturated rings. The summed E-state index contributed by atoms with van der Waals surface area (Å²) in [6.45, 7) is 1.79. The molecular weight excluding hydrogens is 258 g/mol. The fraction of sp³-hybridized carbons (Fsp3) is 0.214. The Kier molecular flexibility index (Phi) is 4.14. The average molecular weight is 273 g/mol. The van der Waals surface area contributed by atoms with E-state index in [0.717, 1.165) is 0 Å². The highest BCUT2D eigenvalue weighted by molar-refractivity contribution is 5.78. The lowest BCUT2D eigenvalue weighted by molar-refractivity contribution is -0.138. The number of hydrogen-bond acceptors (Lipinski definition) is 5. The molecule has 104 valence electrons. The third-order valence-corrected chi connectivity index (χ3v) is 2.69. The van der Waals surface area contributed by atoms with Crippen molar-refractivity contribution in [1.82, 2.24) is 9.97 Å². The van der Waals surface area contributed by atoms with E-state index >= 15 is 0 Å². The van der Waals surface area contributed by atoms with Crippen molar-refractivity contribution < 1.29 is 14.6 Å². The summed E-state index contributed by atoms with van der Waals surface area (Å²) in [5, 5.41) is 12.1. The van der Waals surface area contributed by atoms with Crippen LogP contribution in [0.4, 0.5) is 5.95 Å². The molecule has 2 N–H and O–H groups in total. The van der Waals surface area contributed by atoms with Gasteiger partial charge in [0.1, 0.15) is 0 Å². The van der Waals surface area contributed by atoms with Crippen LogP contribution in [0.25, 0.3) is 0 Å². The Hall–Kier alpha value is -2.63. The number of aromatic nitrogens is 2. The van der Waals surface area contributed by atoms with Gasteiger partial charge in [0.2, 0.25) is 11.8 Å². The molecular formula is C14H15N3O3. The van der Waals surface area contributed by atoms with Crippen molar-refractivity contribution in [3.63, 3.8) is 0 Å². The monoisotopic (exact) mass is 273 g/mol. The van der Waals surface area contributed by atoms with Crippen molar-refractivity contribution in [2.24, 2.45) is 0 Å². The van der Waals surface area contributed by atoms with Crippen LogP contribution in [0.2, 0.25) is 0 Å². The first-order valence-corrected chi connectivity index (χ1v) is 6.04. The molecule has 0 aliphatic rings. The van der Waals surface area contributed by atoms with Crippen LogP contribution >= 0.6 is 0 Å². The first kappa shape index (κ1) is 13.8. The van der Waals surface area contributed by atoms with Gasteiger partial charge in [-0.05, 0) is 12.5 Å². The van der Waals surface area contributed by atoms with Crippen LogP contribution in [-0.2, 0) is 4.79 Å². The quantitative estimate of drug-likeness (QED) is 0.867. The summed E-state index contributed by atoms with van der Waals surface area (Å²) in [5.74, 6) is -0.393. The van der Waals surface area contributed by atoms with Crippen LogP contribution < -0.4 is 10.1 Å². The van der Waals surface area contributed by atoms with E-state index in [4.69, 9.17) is 4.74 Å². The predicted molar refractivity (Wildman–Crippen MR) is 73.8 cm³/mol. The number of carbonyl (C=O) groups is 1. The van der Waals surface area contributed by atoms with Crippen molar-refractivity contribution in [3.05, 3.63) is 47.7 Å². The molecule has 0 aliphatic heterocycles. The zero-order valence-electron chi connectivity index (χ0n) is 11.2. The molecule has 1 aromatic heterocycles. The van der Waals surface area contributed by atoms with E-state index in [9.17, 15) is 9.90 Å². The lowest BCUT2D eigenvalue weighted by atomic mass is 10.1. The Labute approximate surface area is 116 Å². The molecule has 0 amide bonds. The zero-order chi connectivity index (χ0) is 14.5. The third-order valence-electron chi connectivity index (χ3n) is 2.69. The maximum Gasteiger partial charge on any atom is 0.330 e. The summed E-state index contributed by atoms with van der Waals surface area (Å²) < 4.78 is 5.04. The Morgan fingerprint density at radius 2 is 2.00 bits per heavy atom. The molecule has 6 nitrogen and oxygen atoms in total.